The summed E-state index contributed by atoms with van der Waals surface area (Å²) >= 11 is 0. The Bertz CT molecular complexity index is 901. The molecule has 0 unspecified atom stereocenters. The van der Waals surface area contributed by atoms with Crippen molar-refractivity contribution in [2.75, 3.05) is 38.0 Å². The molecule has 0 aliphatic carbocycles. The van der Waals surface area contributed by atoms with E-state index in [1.54, 1.807) is 12.4 Å². The van der Waals surface area contributed by atoms with Gasteiger partial charge < -0.3 is 9.80 Å². The van der Waals surface area contributed by atoms with E-state index in [1.165, 1.54) is 0 Å². The molecular weight excluding hydrogens is 452 g/mol. The minimum atomic E-state index is -0.0676. The second-order valence-electron chi connectivity index (χ2n) is 9.18. The van der Waals surface area contributed by atoms with Crippen LogP contribution in [0.15, 0.2) is 58.7 Å². The lowest BCUT2D eigenvalue weighted by atomic mass is 10.1. The van der Waals surface area contributed by atoms with E-state index < -0.39 is 0 Å². The second kappa shape index (κ2) is 16.1. The van der Waals surface area contributed by atoms with E-state index in [-0.39, 0.29) is 11.8 Å². The molecule has 36 heavy (non-hydrogen) atoms. The van der Waals surface area contributed by atoms with Crippen LogP contribution < -0.4 is 20.7 Å². The minimum Gasteiger partial charge on any atom is -0.378 e. The molecule has 0 heterocycles. The fourth-order valence-electron chi connectivity index (χ4n) is 3.46. The molecule has 0 saturated carbocycles. The summed E-state index contributed by atoms with van der Waals surface area (Å²) < 4.78 is 0. The maximum atomic E-state index is 11.9. The van der Waals surface area contributed by atoms with Crippen molar-refractivity contribution < 1.29 is 9.59 Å². The molecule has 0 aromatic heterocycles. The monoisotopic (exact) mass is 492 g/mol. The van der Waals surface area contributed by atoms with E-state index in [1.807, 2.05) is 86.5 Å². The lowest BCUT2D eigenvalue weighted by molar-refractivity contribution is -0.122. The Balaban J connectivity index is 1.46. The Hall–Kier alpha value is -3.68. The van der Waals surface area contributed by atoms with E-state index in [2.05, 4.69) is 21.1 Å². The number of rotatable bonds is 15. The summed E-state index contributed by atoms with van der Waals surface area (Å²) in [6.45, 7) is 0. The number of carbonyl (C=O) groups is 2. The molecule has 0 aliphatic heterocycles. The predicted octanol–water partition coefficient (Wildman–Crippen LogP) is 4.54. The third-order valence-corrected chi connectivity index (χ3v) is 5.68. The molecule has 0 radical (unpaired) electrons. The first-order valence-electron chi connectivity index (χ1n) is 12.5. The Morgan fingerprint density at radius 1 is 0.611 bits per heavy atom. The van der Waals surface area contributed by atoms with Gasteiger partial charge in [0.25, 0.3) is 0 Å². The summed E-state index contributed by atoms with van der Waals surface area (Å²) in [5.74, 6) is -0.135. The van der Waals surface area contributed by atoms with Gasteiger partial charge in [-0.15, -0.1) is 0 Å². The number of hydrazone groups is 2. The predicted molar refractivity (Wildman–Crippen MR) is 150 cm³/mol. The highest BCUT2D eigenvalue weighted by atomic mass is 16.2. The number of unbranched alkanes of at least 4 members (excludes halogenated alkanes) is 5. The largest absolute Gasteiger partial charge is 0.378 e. The highest BCUT2D eigenvalue weighted by Gasteiger charge is 2.02. The van der Waals surface area contributed by atoms with Crippen LogP contribution >= 0.6 is 0 Å². The van der Waals surface area contributed by atoms with Crippen LogP contribution in [0.3, 0.4) is 0 Å². The number of carbonyl (C=O) groups excluding carboxylic acids is 2. The van der Waals surface area contributed by atoms with Gasteiger partial charge in [0.05, 0.1) is 12.4 Å². The quantitative estimate of drug-likeness (QED) is 0.217. The van der Waals surface area contributed by atoms with E-state index in [0.717, 1.165) is 61.0 Å². The van der Waals surface area contributed by atoms with Crippen LogP contribution in [0.2, 0.25) is 0 Å². The van der Waals surface area contributed by atoms with Crippen LogP contribution in [0.25, 0.3) is 0 Å². The summed E-state index contributed by atoms with van der Waals surface area (Å²) in [7, 11) is 7.97. The van der Waals surface area contributed by atoms with Crippen LogP contribution in [-0.4, -0.2) is 52.4 Å². The first-order chi connectivity index (χ1) is 17.3. The summed E-state index contributed by atoms with van der Waals surface area (Å²) in [5.41, 5.74) is 9.29. The molecule has 0 saturated heterocycles. The average Bonchev–Trinajstić information content (AvgIpc) is 2.86. The van der Waals surface area contributed by atoms with Crippen LogP contribution in [-0.2, 0) is 9.59 Å². The molecule has 0 bridgehead atoms. The summed E-state index contributed by atoms with van der Waals surface area (Å²) in [6.07, 6.45) is 10.0. The van der Waals surface area contributed by atoms with Crippen LogP contribution in [0.1, 0.15) is 62.5 Å². The van der Waals surface area contributed by atoms with Gasteiger partial charge in [-0.1, -0.05) is 49.9 Å². The van der Waals surface area contributed by atoms with Crippen molar-refractivity contribution in [2.24, 2.45) is 10.2 Å². The van der Waals surface area contributed by atoms with Crippen molar-refractivity contribution in [2.45, 2.75) is 51.4 Å². The zero-order valence-corrected chi connectivity index (χ0v) is 22.0. The third kappa shape index (κ3) is 11.6. The number of hydrogen-bond acceptors (Lipinski definition) is 6. The van der Waals surface area contributed by atoms with E-state index in [9.17, 15) is 9.59 Å². The van der Waals surface area contributed by atoms with Gasteiger partial charge in [0, 0.05) is 52.4 Å². The number of benzene rings is 2. The van der Waals surface area contributed by atoms with E-state index >= 15 is 0 Å². The Labute approximate surface area is 215 Å². The summed E-state index contributed by atoms with van der Waals surface area (Å²) in [6, 6.07) is 15.9. The molecule has 2 aromatic carbocycles. The molecule has 8 nitrogen and oxygen atoms in total. The van der Waals surface area contributed by atoms with Gasteiger partial charge in [0.15, 0.2) is 0 Å². The molecule has 194 valence electrons. The fourth-order valence-corrected chi connectivity index (χ4v) is 3.46. The third-order valence-electron chi connectivity index (χ3n) is 5.68. The van der Waals surface area contributed by atoms with Gasteiger partial charge in [-0.25, -0.2) is 10.9 Å². The lowest BCUT2D eigenvalue weighted by Crippen LogP contribution is -2.17. The lowest BCUT2D eigenvalue weighted by Gasteiger charge is -2.11. The van der Waals surface area contributed by atoms with Gasteiger partial charge in [0.2, 0.25) is 11.8 Å². The molecule has 2 aromatic rings. The van der Waals surface area contributed by atoms with Crippen molar-refractivity contribution >= 4 is 35.6 Å². The minimum absolute atomic E-state index is 0.0676. The molecule has 2 amide bonds. The van der Waals surface area contributed by atoms with Gasteiger partial charge in [0.1, 0.15) is 0 Å². The first kappa shape index (κ1) is 28.6. The van der Waals surface area contributed by atoms with Gasteiger partial charge in [-0.2, -0.15) is 10.2 Å². The van der Waals surface area contributed by atoms with Crippen molar-refractivity contribution in [3.05, 3.63) is 59.7 Å². The first-order valence-corrected chi connectivity index (χ1v) is 12.5. The highest BCUT2D eigenvalue weighted by molar-refractivity contribution is 5.83. The smallest absolute Gasteiger partial charge is 0.240 e. The molecule has 0 atom stereocenters. The second-order valence-corrected chi connectivity index (χ2v) is 9.18. The Morgan fingerprint density at radius 2 is 0.944 bits per heavy atom. The summed E-state index contributed by atoms with van der Waals surface area (Å²) in [4.78, 5) is 27.9. The molecular formula is C28H40N6O2. The summed E-state index contributed by atoms with van der Waals surface area (Å²) in [5, 5.41) is 8.06. The Morgan fingerprint density at radius 3 is 1.28 bits per heavy atom. The van der Waals surface area contributed by atoms with Crippen molar-refractivity contribution in [1.29, 1.82) is 0 Å². The van der Waals surface area contributed by atoms with E-state index in [0.29, 0.717) is 12.8 Å². The highest BCUT2D eigenvalue weighted by Crippen LogP contribution is 2.12. The number of nitrogens with one attached hydrogen (secondary N) is 2. The number of nitrogens with zero attached hydrogens (tertiary/aromatic N) is 4. The van der Waals surface area contributed by atoms with Crippen LogP contribution in [0, 0.1) is 0 Å². The SMILES string of the molecule is CN(C)c1ccc(/C=N\NC(=O)CCCCCCCCC(=O)N/N=C/c2ccc(N(C)C)cc2)cc1. The molecule has 0 fully saturated rings. The van der Waals surface area contributed by atoms with Gasteiger partial charge in [-0.05, 0) is 48.2 Å². The van der Waals surface area contributed by atoms with E-state index in [4.69, 9.17) is 0 Å². The molecule has 8 heteroatoms. The molecule has 0 aliphatic rings. The van der Waals surface area contributed by atoms with Crippen molar-refractivity contribution in [3.8, 4) is 0 Å². The zero-order valence-electron chi connectivity index (χ0n) is 22.0. The average molecular weight is 493 g/mol. The fraction of sp³-hybridized carbons (Fsp3) is 0.429. The van der Waals surface area contributed by atoms with Crippen molar-refractivity contribution in [1.82, 2.24) is 10.9 Å². The number of anilines is 2. The van der Waals surface area contributed by atoms with Gasteiger partial charge >= 0.3 is 0 Å². The maximum absolute atomic E-state index is 11.9. The molecule has 2 rings (SSSR count). The van der Waals surface area contributed by atoms with Crippen LogP contribution in [0.5, 0.6) is 0 Å². The zero-order chi connectivity index (χ0) is 26.2. The normalized spacial score (nSPS) is 11.1. The van der Waals surface area contributed by atoms with Gasteiger partial charge in [-0.3, -0.25) is 9.59 Å². The molecule has 0 spiro atoms. The number of amides is 2. The van der Waals surface area contributed by atoms with Crippen molar-refractivity contribution in [3.63, 3.8) is 0 Å². The maximum Gasteiger partial charge on any atom is 0.240 e. The topological polar surface area (TPSA) is 89.4 Å². The van der Waals surface area contributed by atoms with Crippen LogP contribution in [0.4, 0.5) is 11.4 Å². The number of hydrogen-bond donors (Lipinski definition) is 2. The molecule has 2 N–H and O–H groups in total. The standard InChI is InChI=1S/C28H40N6O2/c1-33(2)25-17-13-23(14-18-25)21-29-31-27(35)11-9-7-5-6-8-10-12-28(36)32-30-22-24-15-19-26(20-16-24)34(3)4/h13-22H,5-12H2,1-4H3,(H,31,35)(H,32,36)/b29-21-,30-22+. The Kier molecular flexibility index (Phi) is 12.8.